The zero-order valence-electron chi connectivity index (χ0n) is 14.9. The summed E-state index contributed by atoms with van der Waals surface area (Å²) >= 11 is 6.11. The second kappa shape index (κ2) is 9.05. The molecule has 142 valence electrons. The van der Waals surface area contributed by atoms with E-state index >= 15 is 0 Å². The number of carbonyl (C=O) groups is 2. The van der Waals surface area contributed by atoms with Gasteiger partial charge < -0.3 is 19.3 Å². The van der Waals surface area contributed by atoms with E-state index in [1.54, 1.807) is 30.3 Å². The number of aliphatic imine (C=N–C) groups is 1. The second-order valence-electron chi connectivity index (χ2n) is 5.42. The van der Waals surface area contributed by atoms with Crippen molar-refractivity contribution >= 4 is 35.4 Å². The van der Waals surface area contributed by atoms with Crippen LogP contribution in [0.15, 0.2) is 41.4 Å². The summed E-state index contributed by atoms with van der Waals surface area (Å²) < 4.78 is 15.3. The topological polar surface area (TPSA) is 94.4 Å². The second-order valence-corrected chi connectivity index (χ2v) is 5.83. The summed E-state index contributed by atoms with van der Waals surface area (Å²) in [6, 6.07) is 9.55. The van der Waals surface area contributed by atoms with Crippen LogP contribution in [-0.4, -0.2) is 43.6 Å². The molecule has 27 heavy (non-hydrogen) atoms. The summed E-state index contributed by atoms with van der Waals surface area (Å²) in [4.78, 5) is 26.8. The first-order valence-corrected chi connectivity index (χ1v) is 8.23. The lowest BCUT2D eigenvalue weighted by atomic mass is 10.2. The molecule has 7 nitrogen and oxygen atoms in total. The fraction of sp³-hybridized carbons (Fsp3) is 0.211. The smallest absolute Gasteiger partial charge is 0.344 e. The van der Waals surface area contributed by atoms with Crippen LogP contribution in [-0.2, 0) is 9.53 Å². The van der Waals surface area contributed by atoms with Gasteiger partial charge in [-0.25, -0.2) is 9.59 Å². The highest BCUT2D eigenvalue weighted by Gasteiger charge is 2.15. The van der Waals surface area contributed by atoms with Crippen LogP contribution >= 0.6 is 11.6 Å². The van der Waals surface area contributed by atoms with Gasteiger partial charge in [-0.15, -0.1) is 0 Å². The van der Waals surface area contributed by atoms with E-state index in [9.17, 15) is 9.59 Å². The Morgan fingerprint density at radius 1 is 1.15 bits per heavy atom. The Labute approximate surface area is 161 Å². The van der Waals surface area contributed by atoms with Gasteiger partial charge in [-0.1, -0.05) is 11.6 Å². The standard InChI is InChI=1S/C19H18ClNO6/c1-11(18(22)23)27-16-7-4-12(8-17(16)25-2)10-21-15-9-13(19(24)26-3)5-6-14(15)20/h4-11H,1-3H3,(H,22,23)/t11-/m0/s1. The molecular formula is C19H18ClNO6. The number of esters is 1. The van der Waals surface area contributed by atoms with Crippen molar-refractivity contribution in [1.82, 2.24) is 0 Å². The number of rotatable bonds is 7. The number of carbonyl (C=O) groups excluding carboxylic acids is 1. The summed E-state index contributed by atoms with van der Waals surface area (Å²) in [6.07, 6.45) is 0.521. The highest BCUT2D eigenvalue weighted by atomic mass is 35.5. The van der Waals surface area contributed by atoms with Crippen molar-refractivity contribution in [2.75, 3.05) is 14.2 Å². The van der Waals surface area contributed by atoms with Gasteiger partial charge in [0.15, 0.2) is 17.6 Å². The van der Waals surface area contributed by atoms with Gasteiger partial charge in [0.1, 0.15) is 0 Å². The van der Waals surface area contributed by atoms with Crippen molar-refractivity contribution in [3.63, 3.8) is 0 Å². The van der Waals surface area contributed by atoms with Crippen molar-refractivity contribution in [2.24, 2.45) is 4.99 Å². The first-order valence-electron chi connectivity index (χ1n) is 7.85. The molecule has 0 aliphatic heterocycles. The lowest BCUT2D eigenvalue weighted by Gasteiger charge is -2.14. The third-order valence-electron chi connectivity index (χ3n) is 3.56. The number of aliphatic carboxylic acids is 1. The highest BCUT2D eigenvalue weighted by molar-refractivity contribution is 6.33. The van der Waals surface area contributed by atoms with Crippen LogP contribution < -0.4 is 9.47 Å². The third-order valence-corrected chi connectivity index (χ3v) is 3.88. The average molecular weight is 392 g/mol. The number of carboxylic acid groups (broad SMARTS) is 1. The van der Waals surface area contributed by atoms with E-state index in [0.29, 0.717) is 33.3 Å². The van der Waals surface area contributed by atoms with Crippen molar-refractivity contribution in [3.8, 4) is 11.5 Å². The van der Waals surface area contributed by atoms with Gasteiger partial charge in [0.05, 0.1) is 30.5 Å². The number of methoxy groups -OCH3 is 2. The highest BCUT2D eigenvalue weighted by Crippen LogP contribution is 2.30. The minimum Gasteiger partial charge on any atom is -0.493 e. The molecule has 8 heteroatoms. The molecule has 0 saturated heterocycles. The van der Waals surface area contributed by atoms with E-state index in [1.807, 2.05) is 0 Å². The predicted octanol–water partition coefficient (Wildman–Crippen LogP) is 3.74. The molecule has 0 unspecified atom stereocenters. The van der Waals surface area contributed by atoms with Gasteiger partial charge in [-0.2, -0.15) is 0 Å². The Bertz CT molecular complexity index is 880. The monoisotopic (exact) mass is 391 g/mol. The fourth-order valence-corrected chi connectivity index (χ4v) is 2.27. The molecule has 0 heterocycles. The van der Waals surface area contributed by atoms with Crippen LogP contribution in [0.1, 0.15) is 22.8 Å². The molecule has 2 rings (SSSR count). The zero-order chi connectivity index (χ0) is 20.0. The van der Waals surface area contributed by atoms with E-state index in [1.165, 1.54) is 33.4 Å². The quantitative estimate of drug-likeness (QED) is 0.570. The molecule has 0 radical (unpaired) electrons. The molecule has 2 aromatic carbocycles. The van der Waals surface area contributed by atoms with Crippen molar-refractivity contribution in [1.29, 1.82) is 0 Å². The summed E-state index contributed by atoms with van der Waals surface area (Å²) in [7, 11) is 2.74. The molecular weight excluding hydrogens is 374 g/mol. The molecule has 0 spiro atoms. The minimum atomic E-state index is -1.08. The van der Waals surface area contributed by atoms with E-state index in [4.69, 9.17) is 26.2 Å². The van der Waals surface area contributed by atoms with Crippen LogP contribution in [0.2, 0.25) is 5.02 Å². The molecule has 1 atom stereocenters. The number of hydrogen-bond acceptors (Lipinski definition) is 6. The summed E-state index contributed by atoms with van der Waals surface area (Å²) in [5.41, 5.74) is 1.40. The largest absolute Gasteiger partial charge is 0.493 e. The molecule has 1 N–H and O–H groups in total. The Hall–Kier alpha value is -3.06. The van der Waals surface area contributed by atoms with Gasteiger partial charge in [0.25, 0.3) is 0 Å². The van der Waals surface area contributed by atoms with Crippen molar-refractivity contribution in [3.05, 3.63) is 52.5 Å². The van der Waals surface area contributed by atoms with Crippen LogP contribution in [0.4, 0.5) is 5.69 Å². The Kier molecular flexibility index (Phi) is 6.79. The van der Waals surface area contributed by atoms with Crippen molar-refractivity contribution < 1.29 is 28.9 Å². The molecule has 0 fully saturated rings. The number of benzene rings is 2. The molecule has 2 aromatic rings. The maximum absolute atomic E-state index is 11.6. The average Bonchev–Trinajstić information content (AvgIpc) is 2.67. The van der Waals surface area contributed by atoms with E-state index in [2.05, 4.69) is 9.73 Å². The number of ether oxygens (including phenoxy) is 3. The molecule has 0 aliphatic rings. The number of hydrogen-bond donors (Lipinski definition) is 1. The maximum atomic E-state index is 11.6. The van der Waals surface area contributed by atoms with E-state index < -0.39 is 18.0 Å². The van der Waals surface area contributed by atoms with Crippen LogP contribution in [0.25, 0.3) is 0 Å². The van der Waals surface area contributed by atoms with Gasteiger partial charge in [0, 0.05) is 6.21 Å². The molecule has 0 amide bonds. The summed E-state index contributed by atoms with van der Waals surface area (Å²) in [6.45, 7) is 1.42. The van der Waals surface area contributed by atoms with Gasteiger partial charge in [0.2, 0.25) is 0 Å². The Morgan fingerprint density at radius 3 is 2.52 bits per heavy atom. The Balaban J connectivity index is 2.27. The van der Waals surface area contributed by atoms with Gasteiger partial charge in [-0.3, -0.25) is 4.99 Å². The zero-order valence-corrected chi connectivity index (χ0v) is 15.7. The van der Waals surface area contributed by atoms with E-state index in [0.717, 1.165) is 0 Å². The van der Waals surface area contributed by atoms with Gasteiger partial charge in [-0.05, 0) is 48.9 Å². The van der Waals surface area contributed by atoms with Crippen LogP contribution in [0.5, 0.6) is 11.5 Å². The maximum Gasteiger partial charge on any atom is 0.344 e. The number of nitrogens with zero attached hydrogens (tertiary/aromatic N) is 1. The summed E-state index contributed by atoms with van der Waals surface area (Å²) in [5.74, 6) is -0.904. The van der Waals surface area contributed by atoms with Crippen LogP contribution in [0, 0.1) is 0 Å². The molecule has 0 aliphatic carbocycles. The third kappa shape index (κ3) is 5.21. The van der Waals surface area contributed by atoms with Gasteiger partial charge >= 0.3 is 11.9 Å². The lowest BCUT2D eigenvalue weighted by Crippen LogP contribution is -2.23. The molecule has 0 saturated carbocycles. The Morgan fingerprint density at radius 2 is 1.89 bits per heavy atom. The fourth-order valence-electron chi connectivity index (χ4n) is 2.10. The first-order chi connectivity index (χ1) is 12.8. The minimum absolute atomic E-state index is 0.301. The summed E-state index contributed by atoms with van der Waals surface area (Å²) in [5, 5.41) is 9.32. The number of halogens is 1. The van der Waals surface area contributed by atoms with Crippen LogP contribution in [0.3, 0.4) is 0 Å². The SMILES string of the molecule is COC(=O)c1ccc(Cl)c(N=Cc2ccc(O[C@@H](C)C(=O)O)c(OC)c2)c1. The molecule has 0 aromatic heterocycles. The normalized spacial score (nSPS) is 11.9. The number of carboxylic acids is 1. The lowest BCUT2D eigenvalue weighted by molar-refractivity contribution is -0.144. The molecule has 0 bridgehead atoms. The van der Waals surface area contributed by atoms with Crippen molar-refractivity contribution in [2.45, 2.75) is 13.0 Å². The van der Waals surface area contributed by atoms with E-state index in [-0.39, 0.29) is 0 Å². The predicted molar refractivity (Wildman–Crippen MR) is 101 cm³/mol. The first kappa shape index (κ1) is 20.3.